The molecule has 2 N–H and O–H groups in total. The maximum absolute atomic E-state index is 13.3. The fourth-order valence-electron chi connectivity index (χ4n) is 5.51. The molecule has 0 spiro atoms. The second-order valence-electron chi connectivity index (χ2n) is 9.85. The third-order valence-electron chi connectivity index (χ3n) is 7.51. The van der Waals surface area contributed by atoms with E-state index in [4.69, 9.17) is 4.74 Å². The molecule has 2 aromatic carbocycles. The summed E-state index contributed by atoms with van der Waals surface area (Å²) < 4.78 is 6.13. The monoisotopic (exact) mass is 501 g/mol. The Morgan fingerprint density at radius 3 is 2.84 bits per heavy atom. The van der Waals surface area contributed by atoms with E-state index in [1.807, 2.05) is 29.2 Å². The quantitative estimate of drug-likeness (QED) is 0.518. The largest absolute Gasteiger partial charge is 0.491 e. The molecule has 10 heteroatoms. The van der Waals surface area contributed by atoms with Gasteiger partial charge in [-0.2, -0.15) is 5.10 Å². The number of benzene rings is 2. The molecule has 3 aliphatic heterocycles. The number of ether oxygens (including phenoxy) is 1. The van der Waals surface area contributed by atoms with Crippen molar-refractivity contribution in [2.75, 3.05) is 13.2 Å². The average molecular weight is 502 g/mol. The number of fused-ring (bicyclic) bond motifs is 2. The van der Waals surface area contributed by atoms with Crippen molar-refractivity contribution in [2.24, 2.45) is 0 Å². The third-order valence-corrected chi connectivity index (χ3v) is 7.51. The Balaban J connectivity index is 1.13. The molecule has 4 amide bonds. The van der Waals surface area contributed by atoms with E-state index in [2.05, 4.69) is 15.5 Å². The van der Waals surface area contributed by atoms with Crippen LogP contribution in [0.25, 0.3) is 10.9 Å². The molecule has 190 valence electrons. The van der Waals surface area contributed by atoms with Crippen LogP contribution in [-0.2, 0) is 16.1 Å². The van der Waals surface area contributed by atoms with E-state index in [9.17, 15) is 19.2 Å². The lowest BCUT2D eigenvalue weighted by molar-refractivity contribution is -0.136. The molecule has 2 fully saturated rings. The molecule has 3 aromatic rings. The van der Waals surface area contributed by atoms with Crippen molar-refractivity contribution in [3.8, 4) is 5.75 Å². The van der Waals surface area contributed by atoms with Gasteiger partial charge in [0.2, 0.25) is 11.8 Å². The number of carbonyl (C=O) groups excluding carboxylic acids is 4. The van der Waals surface area contributed by atoms with E-state index in [0.29, 0.717) is 43.0 Å². The summed E-state index contributed by atoms with van der Waals surface area (Å²) in [5.74, 6) is -0.354. The zero-order valence-electron chi connectivity index (χ0n) is 20.2. The number of carbonyl (C=O) groups is 4. The summed E-state index contributed by atoms with van der Waals surface area (Å²) in [6.45, 7) is 1.32. The molecule has 0 bridgehead atoms. The Bertz CT molecular complexity index is 1420. The molecule has 4 heterocycles. The molecule has 6 rings (SSSR count). The zero-order valence-corrected chi connectivity index (χ0v) is 20.2. The molecule has 10 nitrogen and oxygen atoms in total. The van der Waals surface area contributed by atoms with Crippen LogP contribution in [0.1, 0.15) is 58.4 Å². The minimum atomic E-state index is -0.648. The Morgan fingerprint density at radius 2 is 1.97 bits per heavy atom. The first-order chi connectivity index (χ1) is 18.0. The number of hydrogen-bond acceptors (Lipinski definition) is 6. The molecule has 37 heavy (non-hydrogen) atoms. The van der Waals surface area contributed by atoms with Gasteiger partial charge in [0, 0.05) is 36.0 Å². The third kappa shape index (κ3) is 4.32. The number of aromatic nitrogens is 2. The highest BCUT2D eigenvalue weighted by Crippen LogP contribution is 2.31. The van der Waals surface area contributed by atoms with E-state index in [1.54, 1.807) is 18.3 Å². The van der Waals surface area contributed by atoms with E-state index in [0.717, 1.165) is 35.7 Å². The Labute approximate surface area is 212 Å². The van der Waals surface area contributed by atoms with Crippen LogP contribution in [0.3, 0.4) is 0 Å². The zero-order chi connectivity index (χ0) is 25.5. The predicted molar refractivity (Wildman–Crippen MR) is 133 cm³/mol. The van der Waals surface area contributed by atoms with Gasteiger partial charge >= 0.3 is 0 Å². The van der Waals surface area contributed by atoms with Crippen LogP contribution in [0.5, 0.6) is 5.75 Å². The molecule has 0 aliphatic carbocycles. The van der Waals surface area contributed by atoms with E-state index < -0.39 is 11.9 Å². The molecule has 3 aliphatic rings. The summed E-state index contributed by atoms with van der Waals surface area (Å²) in [6, 6.07) is 10.2. The number of likely N-dealkylation sites (tertiary alicyclic amines) is 1. The van der Waals surface area contributed by atoms with Crippen LogP contribution in [0.2, 0.25) is 0 Å². The Hall–Kier alpha value is -4.21. The van der Waals surface area contributed by atoms with Crippen molar-refractivity contribution in [3.63, 3.8) is 0 Å². The molecular formula is C27H27N5O5. The molecule has 1 unspecified atom stereocenters. The van der Waals surface area contributed by atoms with Crippen LogP contribution in [-0.4, -0.2) is 68.9 Å². The van der Waals surface area contributed by atoms with Gasteiger partial charge in [0.05, 0.1) is 17.8 Å². The number of H-pyrrole nitrogens is 1. The van der Waals surface area contributed by atoms with E-state index in [1.165, 1.54) is 4.90 Å². The summed E-state index contributed by atoms with van der Waals surface area (Å²) in [5.41, 5.74) is 2.78. The summed E-state index contributed by atoms with van der Waals surface area (Å²) in [6.07, 6.45) is 5.10. The second kappa shape index (κ2) is 9.34. The number of nitrogens with one attached hydrogen (secondary N) is 2. The maximum Gasteiger partial charge on any atom is 0.255 e. The molecule has 2 atom stereocenters. The lowest BCUT2D eigenvalue weighted by Crippen LogP contribution is -2.52. The molecule has 2 saturated heterocycles. The number of hydrogen-bond donors (Lipinski definition) is 2. The number of nitrogens with zero attached hydrogens (tertiary/aromatic N) is 3. The van der Waals surface area contributed by atoms with Gasteiger partial charge in [-0.15, -0.1) is 0 Å². The summed E-state index contributed by atoms with van der Waals surface area (Å²) in [7, 11) is 0. The average Bonchev–Trinajstić information content (AvgIpc) is 3.51. The fraction of sp³-hybridized carbons (Fsp3) is 0.370. The van der Waals surface area contributed by atoms with Crippen LogP contribution in [0.15, 0.2) is 42.6 Å². The van der Waals surface area contributed by atoms with Crippen molar-refractivity contribution in [1.82, 2.24) is 25.3 Å². The first-order valence-corrected chi connectivity index (χ1v) is 12.6. The highest BCUT2D eigenvalue weighted by molar-refractivity contribution is 6.05. The van der Waals surface area contributed by atoms with Crippen molar-refractivity contribution in [1.29, 1.82) is 0 Å². The highest BCUT2D eigenvalue weighted by atomic mass is 16.5. The Morgan fingerprint density at radius 1 is 1.08 bits per heavy atom. The number of amides is 4. The minimum absolute atomic E-state index is 0.0239. The molecule has 1 aromatic heterocycles. The maximum atomic E-state index is 13.3. The van der Waals surface area contributed by atoms with Gasteiger partial charge in [-0.05, 0) is 61.6 Å². The van der Waals surface area contributed by atoms with Gasteiger partial charge in [0.25, 0.3) is 11.8 Å². The van der Waals surface area contributed by atoms with Gasteiger partial charge in [-0.25, -0.2) is 0 Å². The molecule has 0 saturated carbocycles. The van der Waals surface area contributed by atoms with Crippen LogP contribution in [0, 0.1) is 0 Å². The first kappa shape index (κ1) is 23.2. The number of aromatic amines is 1. The van der Waals surface area contributed by atoms with Gasteiger partial charge < -0.3 is 14.5 Å². The normalized spacial score (nSPS) is 21.8. The van der Waals surface area contributed by atoms with Crippen LogP contribution >= 0.6 is 0 Å². The second-order valence-corrected chi connectivity index (χ2v) is 9.85. The first-order valence-electron chi connectivity index (χ1n) is 12.6. The standard InChI is InChI=1S/C27H27N5O5/c33-24-9-8-23(25(34)29-24)32-14-18-11-20(6-7-21(18)27(32)36)37-15-19-3-1-2-10-31(19)26(35)16-4-5-17-13-28-30-22(17)12-16/h4-7,11-13,19,23H,1-3,8-10,14-15H2,(H,28,30)(H,29,33,34)/t19-,23?/m1/s1. The van der Waals surface area contributed by atoms with Crippen LogP contribution in [0.4, 0.5) is 0 Å². The summed E-state index contributed by atoms with van der Waals surface area (Å²) >= 11 is 0. The van der Waals surface area contributed by atoms with Crippen molar-refractivity contribution in [2.45, 2.75) is 50.7 Å². The highest BCUT2D eigenvalue weighted by Gasteiger charge is 2.39. The SMILES string of the molecule is O=C1CCC(N2Cc3cc(OC[C@H]4CCCCN4C(=O)c4ccc5cn[nH]c5c4)ccc3C2=O)C(=O)N1. The topological polar surface area (TPSA) is 125 Å². The van der Waals surface area contributed by atoms with E-state index >= 15 is 0 Å². The van der Waals surface area contributed by atoms with Crippen LogP contribution < -0.4 is 10.1 Å². The Kier molecular flexibility index (Phi) is 5.86. The van der Waals surface area contributed by atoms with Gasteiger partial charge in [0.15, 0.2) is 0 Å². The predicted octanol–water partition coefficient (Wildman–Crippen LogP) is 2.40. The molecule has 0 radical (unpaired) electrons. The lowest BCUT2D eigenvalue weighted by Gasteiger charge is -2.35. The number of rotatable bonds is 5. The van der Waals surface area contributed by atoms with Gasteiger partial charge in [-0.3, -0.25) is 29.6 Å². The number of piperidine rings is 2. The smallest absolute Gasteiger partial charge is 0.255 e. The summed E-state index contributed by atoms with van der Waals surface area (Å²) in [5, 5.41) is 10.2. The van der Waals surface area contributed by atoms with Crippen molar-refractivity contribution in [3.05, 3.63) is 59.3 Å². The lowest BCUT2D eigenvalue weighted by atomic mass is 10.0. The summed E-state index contributed by atoms with van der Waals surface area (Å²) in [4.78, 5) is 53.5. The minimum Gasteiger partial charge on any atom is -0.491 e. The van der Waals surface area contributed by atoms with Crippen molar-refractivity contribution < 1.29 is 23.9 Å². The fourth-order valence-corrected chi connectivity index (χ4v) is 5.51. The van der Waals surface area contributed by atoms with Gasteiger partial charge in [0.1, 0.15) is 18.4 Å². The van der Waals surface area contributed by atoms with Crippen molar-refractivity contribution >= 4 is 34.5 Å². The molecular weight excluding hydrogens is 474 g/mol. The number of imide groups is 1. The van der Waals surface area contributed by atoms with Gasteiger partial charge in [-0.1, -0.05) is 6.07 Å². The van der Waals surface area contributed by atoms with E-state index in [-0.39, 0.29) is 30.2 Å².